The molecule has 1 aromatic heterocycles. The van der Waals surface area contributed by atoms with Gasteiger partial charge in [0.2, 0.25) is 5.91 Å². The van der Waals surface area contributed by atoms with Gasteiger partial charge in [-0.3, -0.25) is 9.69 Å². The molecule has 1 aliphatic rings. The van der Waals surface area contributed by atoms with Crippen molar-refractivity contribution in [3.8, 4) is 22.8 Å². The third kappa shape index (κ3) is 8.09. The first-order valence-electron chi connectivity index (χ1n) is 14.3. The number of alkyl halides is 3. The number of amides is 3. The van der Waals surface area contributed by atoms with Crippen LogP contribution in [0.3, 0.4) is 0 Å². The van der Waals surface area contributed by atoms with Crippen molar-refractivity contribution in [2.75, 3.05) is 17.2 Å². The monoisotopic (exact) mass is 636 g/mol. The van der Waals surface area contributed by atoms with Crippen LogP contribution in [0.4, 0.5) is 23.7 Å². The normalized spacial score (nSPS) is 14.7. The molecule has 0 saturated carbocycles. The van der Waals surface area contributed by atoms with Crippen LogP contribution in [0.5, 0.6) is 5.75 Å². The average molecular weight is 637 g/mol. The fraction of sp³-hybridized carbons (Fsp3) is 0.281. The molecule has 9 nitrogen and oxygen atoms in total. The van der Waals surface area contributed by atoms with E-state index in [1.54, 1.807) is 4.90 Å². The summed E-state index contributed by atoms with van der Waals surface area (Å²) in [5.41, 5.74) is 5.05. The lowest BCUT2D eigenvalue weighted by Crippen LogP contribution is -2.41. The van der Waals surface area contributed by atoms with Crippen LogP contribution in [0.15, 0.2) is 78.0 Å². The second-order valence-corrected chi connectivity index (χ2v) is 11.7. The molecule has 3 amide bonds. The standard InChI is InChI=1S/C32H31F3N6O3S/c1-20(2)26-13-4-21(3)18-27(26)41-28(42)15-17-45-31(41)38-30(43)36-16-14-22-5-7-23(8-6-22)29-37-19-40(39-29)24-9-11-25(12-10-24)44-32(33,34)35/h4-13,18-20H,14-17H2,1-3H3,(H,36,43)/b38-31-. The van der Waals surface area contributed by atoms with Crippen molar-refractivity contribution in [1.29, 1.82) is 0 Å². The lowest BCUT2D eigenvalue weighted by Gasteiger charge is -2.30. The van der Waals surface area contributed by atoms with Crippen LogP contribution < -0.4 is 15.0 Å². The number of carbonyl (C=O) groups is 2. The predicted octanol–water partition coefficient (Wildman–Crippen LogP) is 7.04. The zero-order valence-electron chi connectivity index (χ0n) is 24.8. The van der Waals surface area contributed by atoms with Crippen LogP contribution >= 0.6 is 11.8 Å². The maximum Gasteiger partial charge on any atom is 0.573 e. The van der Waals surface area contributed by atoms with E-state index in [-0.39, 0.29) is 17.6 Å². The van der Waals surface area contributed by atoms with E-state index in [1.165, 1.54) is 47.0 Å². The first-order chi connectivity index (χ1) is 21.5. The first-order valence-corrected chi connectivity index (χ1v) is 15.3. The largest absolute Gasteiger partial charge is 0.573 e. The number of rotatable bonds is 8. The number of nitrogens with zero attached hydrogens (tertiary/aromatic N) is 5. The highest BCUT2D eigenvalue weighted by atomic mass is 32.2. The highest BCUT2D eigenvalue weighted by molar-refractivity contribution is 8.14. The van der Waals surface area contributed by atoms with Crippen LogP contribution in [-0.2, 0) is 11.2 Å². The highest BCUT2D eigenvalue weighted by Gasteiger charge is 2.31. The predicted molar refractivity (Wildman–Crippen MR) is 168 cm³/mol. The quantitative estimate of drug-likeness (QED) is 0.223. The first kappa shape index (κ1) is 31.8. The molecule has 0 spiro atoms. The van der Waals surface area contributed by atoms with Crippen molar-refractivity contribution in [1.82, 2.24) is 20.1 Å². The van der Waals surface area contributed by atoms with Crippen LogP contribution in [0, 0.1) is 6.92 Å². The molecule has 1 saturated heterocycles. The smallest absolute Gasteiger partial charge is 0.406 e. The number of ether oxygens (including phenoxy) is 1. The summed E-state index contributed by atoms with van der Waals surface area (Å²) in [4.78, 5) is 35.9. The SMILES string of the molecule is Cc1ccc(C(C)C)c(N2C(=O)CCS/C2=N\C(=O)NCCc2ccc(-c3ncn(-c4ccc(OC(F)(F)F)cc4)n3)cc2)c1. The number of aromatic nitrogens is 3. The van der Waals surface area contributed by atoms with Gasteiger partial charge in [0.15, 0.2) is 11.0 Å². The summed E-state index contributed by atoms with van der Waals surface area (Å²) in [5.74, 6) is 0.793. The van der Waals surface area contributed by atoms with Crippen molar-refractivity contribution in [3.63, 3.8) is 0 Å². The fourth-order valence-corrected chi connectivity index (χ4v) is 5.68. The Labute approximate surface area is 262 Å². The lowest BCUT2D eigenvalue weighted by molar-refractivity contribution is -0.274. The van der Waals surface area contributed by atoms with Crippen molar-refractivity contribution >= 4 is 34.6 Å². The van der Waals surface area contributed by atoms with Crippen LogP contribution in [-0.4, -0.2) is 50.5 Å². The van der Waals surface area contributed by atoms with E-state index in [4.69, 9.17) is 0 Å². The minimum atomic E-state index is -4.76. The maximum atomic E-state index is 13.0. The van der Waals surface area contributed by atoms with Gasteiger partial charge in [0.1, 0.15) is 12.1 Å². The van der Waals surface area contributed by atoms with Crippen molar-refractivity contribution in [3.05, 3.63) is 89.7 Å². The van der Waals surface area contributed by atoms with Gasteiger partial charge < -0.3 is 10.1 Å². The number of urea groups is 1. The summed E-state index contributed by atoms with van der Waals surface area (Å²) in [6.45, 7) is 6.45. The Bertz CT molecular complexity index is 1700. The third-order valence-electron chi connectivity index (χ3n) is 6.96. The average Bonchev–Trinajstić information content (AvgIpc) is 3.47. The number of aliphatic imine (C=N–C) groups is 1. The van der Waals surface area contributed by atoms with Gasteiger partial charge in [-0.15, -0.1) is 18.3 Å². The van der Waals surface area contributed by atoms with Gasteiger partial charge in [-0.1, -0.05) is 62.0 Å². The molecule has 2 heterocycles. The van der Waals surface area contributed by atoms with Crippen LogP contribution in [0.25, 0.3) is 17.1 Å². The van der Waals surface area contributed by atoms with Crippen LogP contribution in [0.1, 0.15) is 42.9 Å². The molecule has 1 fully saturated rings. The summed E-state index contributed by atoms with van der Waals surface area (Å²) in [5, 5.41) is 7.61. The summed E-state index contributed by atoms with van der Waals surface area (Å²) in [7, 11) is 0. The maximum absolute atomic E-state index is 13.0. The molecule has 13 heteroatoms. The summed E-state index contributed by atoms with van der Waals surface area (Å²) in [6.07, 6.45) is -2.36. The Kier molecular flexibility index (Phi) is 9.57. The molecule has 3 aromatic carbocycles. The molecule has 45 heavy (non-hydrogen) atoms. The minimum absolute atomic E-state index is 0.0827. The lowest BCUT2D eigenvalue weighted by atomic mass is 9.98. The molecule has 4 aromatic rings. The molecule has 1 N–H and O–H groups in total. The molecule has 0 unspecified atom stereocenters. The van der Waals surface area contributed by atoms with Gasteiger partial charge in [0.05, 0.1) is 11.4 Å². The number of hydrogen-bond acceptors (Lipinski definition) is 6. The minimum Gasteiger partial charge on any atom is -0.406 e. The summed E-state index contributed by atoms with van der Waals surface area (Å²) < 4.78 is 42.6. The second kappa shape index (κ2) is 13.6. The number of amidine groups is 1. The van der Waals surface area contributed by atoms with Crippen molar-refractivity contribution in [2.24, 2.45) is 4.99 Å². The number of nitrogens with one attached hydrogen (secondary N) is 1. The number of hydrogen-bond donors (Lipinski definition) is 1. The van der Waals surface area contributed by atoms with Gasteiger partial charge in [-0.05, 0) is 66.3 Å². The number of aryl methyl sites for hydroxylation is 1. The van der Waals surface area contributed by atoms with Gasteiger partial charge >= 0.3 is 12.4 Å². The number of anilines is 1. The Hall–Kier alpha value is -4.65. The van der Waals surface area contributed by atoms with Gasteiger partial charge in [0, 0.05) is 24.3 Å². The zero-order valence-corrected chi connectivity index (χ0v) is 25.7. The Morgan fingerprint density at radius 2 is 1.82 bits per heavy atom. The van der Waals surface area contributed by atoms with Gasteiger partial charge in [0.25, 0.3) is 0 Å². The number of benzene rings is 3. The van der Waals surface area contributed by atoms with E-state index in [0.29, 0.717) is 41.8 Å². The molecule has 0 aliphatic carbocycles. The Morgan fingerprint density at radius 1 is 1.09 bits per heavy atom. The number of carbonyl (C=O) groups excluding carboxylic acids is 2. The zero-order chi connectivity index (χ0) is 32.1. The highest BCUT2D eigenvalue weighted by Crippen LogP contribution is 2.33. The molecule has 0 atom stereocenters. The van der Waals surface area contributed by atoms with E-state index < -0.39 is 12.4 Å². The molecule has 0 radical (unpaired) electrons. The van der Waals surface area contributed by atoms with Gasteiger partial charge in [-0.25, -0.2) is 14.5 Å². The van der Waals surface area contributed by atoms with E-state index in [1.807, 2.05) is 49.4 Å². The Morgan fingerprint density at radius 3 is 2.51 bits per heavy atom. The summed E-state index contributed by atoms with van der Waals surface area (Å²) in [6, 6.07) is 18.3. The van der Waals surface area contributed by atoms with Gasteiger partial charge in [-0.2, -0.15) is 4.99 Å². The Balaban J connectivity index is 1.19. The molecule has 5 rings (SSSR count). The number of halogens is 3. The van der Waals surface area contributed by atoms with E-state index in [0.717, 1.165) is 27.9 Å². The molecule has 234 valence electrons. The molecular formula is C32H31F3N6O3S. The van der Waals surface area contributed by atoms with E-state index in [9.17, 15) is 22.8 Å². The molecular weight excluding hydrogens is 605 g/mol. The summed E-state index contributed by atoms with van der Waals surface area (Å²) >= 11 is 1.39. The van der Waals surface area contributed by atoms with Crippen LogP contribution in [0.2, 0.25) is 0 Å². The third-order valence-corrected chi connectivity index (χ3v) is 7.90. The van der Waals surface area contributed by atoms with E-state index in [2.05, 4.69) is 39.0 Å². The number of thioether (sulfide) groups is 1. The fourth-order valence-electron chi connectivity index (χ4n) is 4.75. The van der Waals surface area contributed by atoms with Crippen molar-refractivity contribution < 1.29 is 27.5 Å². The van der Waals surface area contributed by atoms with Crippen molar-refractivity contribution in [2.45, 2.75) is 45.9 Å². The molecule has 1 aliphatic heterocycles. The van der Waals surface area contributed by atoms with E-state index >= 15 is 0 Å². The second-order valence-electron chi connectivity index (χ2n) is 10.7. The molecule has 0 bridgehead atoms. The topological polar surface area (TPSA) is 102 Å².